The van der Waals surface area contributed by atoms with Gasteiger partial charge in [0.15, 0.2) is 0 Å². The third-order valence-corrected chi connectivity index (χ3v) is 4.01. The second-order valence-electron chi connectivity index (χ2n) is 4.49. The Balaban J connectivity index is 2.26. The molecule has 0 heterocycles. The molecule has 0 radical (unpaired) electrons. The molecule has 120 valence electrons. The van der Waals surface area contributed by atoms with Gasteiger partial charge in [-0.2, -0.15) is 0 Å². The standard InChI is InChI=1S/C15H11Cl3N2O3/c1-23-15(22)8-3-2-7(4-12(8)19)14(21)20-13-6-10(17)9(16)5-11(13)18/h2-6H,19H2,1H3,(H,20,21). The average molecular weight is 374 g/mol. The molecular formula is C15H11Cl3N2O3. The third kappa shape index (κ3) is 3.88. The van der Waals surface area contributed by atoms with E-state index in [0.717, 1.165) is 0 Å². The molecule has 0 saturated heterocycles. The monoisotopic (exact) mass is 372 g/mol. The number of nitrogens with two attached hydrogens (primary N) is 1. The van der Waals surface area contributed by atoms with Crippen molar-refractivity contribution in [3.05, 3.63) is 56.5 Å². The minimum Gasteiger partial charge on any atom is -0.465 e. The first-order valence-electron chi connectivity index (χ1n) is 6.27. The molecule has 2 aromatic rings. The second-order valence-corrected chi connectivity index (χ2v) is 5.72. The van der Waals surface area contributed by atoms with Gasteiger partial charge >= 0.3 is 5.97 Å². The molecule has 5 nitrogen and oxygen atoms in total. The highest BCUT2D eigenvalue weighted by atomic mass is 35.5. The average Bonchev–Trinajstić information content (AvgIpc) is 2.51. The Morgan fingerprint density at radius 1 is 1.04 bits per heavy atom. The van der Waals surface area contributed by atoms with Gasteiger partial charge in [0.2, 0.25) is 0 Å². The smallest absolute Gasteiger partial charge is 0.339 e. The maximum atomic E-state index is 12.2. The molecule has 0 bridgehead atoms. The van der Waals surface area contributed by atoms with Gasteiger partial charge in [0.05, 0.1) is 33.4 Å². The van der Waals surface area contributed by atoms with Crippen LogP contribution in [0.25, 0.3) is 0 Å². The molecule has 1 amide bonds. The Labute approximate surface area is 147 Å². The molecular weight excluding hydrogens is 363 g/mol. The zero-order valence-electron chi connectivity index (χ0n) is 11.8. The topological polar surface area (TPSA) is 81.4 Å². The second kappa shape index (κ2) is 7.08. The van der Waals surface area contributed by atoms with Crippen molar-refractivity contribution in [2.45, 2.75) is 0 Å². The summed E-state index contributed by atoms with van der Waals surface area (Å²) in [4.78, 5) is 23.7. The first kappa shape index (κ1) is 17.4. The number of carbonyl (C=O) groups excluding carboxylic acids is 2. The number of hydrogen-bond donors (Lipinski definition) is 2. The highest BCUT2D eigenvalue weighted by Crippen LogP contribution is 2.32. The number of halogens is 3. The predicted octanol–water partition coefficient (Wildman–Crippen LogP) is 4.27. The first-order chi connectivity index (χ1) is 10.8. The predicted molar refractivity (Wildman–Crippen MR) is 91.6 cm³/mol. The van der Waals surface area contributed by atoms with E-state index in [1.54, 1.807) is 0 Å². The molecule has 0 aliphatic rings. The molecule has 0 saturated carbocycles. The van der Waals surface area contributed by atoms with Crippen molar-refractivity contribution in [1.82, 2.24) is 0 Å². The largest absolute Gasteiger partial charge is 0.465 e. The fourth-order valence-electron chi connectivity index (χ4n) is 1.81. The van der Waals surface area contributed by atoms with Crippen molar-refractivity contribution in [1.29, 1.82) is 0 Å². The van der Waals surface area contributed by atoms with Crippen LogP contribution in [0.15, 0.2) is 30.3 Å². The first-order valence-corrected chi connectivity index (χ1v) is 7.40. The van der Waals surface area contributed by atoms with E-state index in [2.05, 4.69) is 10.1 Å². The van der Waals surface area contributed by atoms with Crippen molar-refractivity contribution in [2.24, 2.45) is 0 Å². The number of anilines is 2. The number of rotatable bonds is 3. The SMILES string of the molecule is COC(=O)c1ccc(C(=O)Nc2cc(Cl)c(Cl)cc2Cl)cc1N. The van der Waals surface area contributed by atoms with Crippen LogP contribution in [0.1, 0.15) is 20.7 Å². The van der Waals surface area contributed by atoms with Crippen LogP contribution >= 0.6 is 34.8 Å². The molecule has 0 fully saturated rings. The summed E-state index contributed by atoms with van der Waals surface area (Å²) in [5.74, 6) is -1.05. The minimum atomic E-state index is -0.581. The number of ether oxygens (including phenoxy) is 1. The van der Waals surface area contributed by atoms with Crippen LogP contribution in [0, 0.1) is 0 Å². The van der Waals surface area contributed by atoms with E-state index in [4.69, 9.17) is 40.5 Å². The molecule has 0 unspecified atom stereocenters. The van der Waals surface area contributed by atoms with Crippen LogP contribution < -0.4 is 11.1 Å². The summed E-state index contributed by atoms with van der Waals surface area (Å²) < 4.78 is 4.59. The van der Waals surface area contributed by atoms with Crippen molar-refractivity contribution >= 4 is 58.1 Å². The van der Waals surface area contributed by atoms with Crippen LogP contribution in [-0.2, 0) is 4.74 Å². The number of nitrogens with one attached hydrogen (secondary N) is 1. The van der Waals surface area contributed by atoms with Crippen LogP contribution in [0.3, 0.4) is 0 Å². The summed E-state index contributed by atoms with van der Waals surface area (Å²) in [7, 11) is 1.24. The fraction of sp³-hybridized carbons (Fsp3) is 0.0667. The number of nitrogen functional groups attached to an aromatic ring is 1. The molecule has 0 atom stereocenters. The summed E-state index contributed by atoms with van der Waals surface area (Å²) >= 11 is 17.7. The van der Waals surface area contributed by atoms with Crippen molar-refractivity contribution < 1.29 is 14.3 Å². The minimum absolute atomic E-state index is 0.129. The summed E-state index contributed by atoms with van der Waals surface area (Å²) in [5.41, 5.74) is 6.62. The number of hydrogen-bond acceptors (Lipinski definition) is 4. The van der Waals surface area contributed by atoms with Crippen LogP contribution in [0.5, 0.6) is 0 Å². The molecule has 0 aliphatic carbocycles. The molecule has 2 rings (SSSR count). The van der Waals surface area contributed by atoms with Gasteiger partial charge in [0.1, 0.15) is 0 Å². The van der Waals surface area contributed by atoms with Crippen LogP contribution in [0.2, 0.25) is 15.1 Å². The molecule has 2 aromatic carbocycles. The van der Waals surface area contributed by atoms with E-state index < -0.39 is 11.9 Å². The Morgan fingerprint density at radius 2 is 1.70 bits per heavy atom. The number of benzene rings is 2. The highest BCUT2D eigenvalue weighted by molar-refractivity contribution is 6.44. The molecule has 23 heavy (non-hydrogen) atoms. The van der Waals surface area contributed by atoms with Crippen molar-refractivity contribution in [2.75, 3.05) is 18.2 Å². The summed E-state index contributed by atoms with van der Waals surface area (Å²) in [6.07, 6.45) is 0. The highest BCUT2D eigenvalue weighted by Gasteiger charge is 2.15. The zero-order chi connectivity index (χ0) is 17.1. The Morgan fingerprint density at radius 3 is 2.30 bits per heavy atom. The Hall–Kier alpha value is -1.95. The van der Waals surface area contributed by atoms with Crippen molar-refractivity contribution in [3.8, 4) is 0 Å². The van der Waals surface area contributed by atoms with Crippen LogP contribution in [0.4, 0.5) is 11.4 Å². The maximum Gasteiger partial charge on any atom is 0.339 e. The fourth-order valence-corrected chi connectivity index (χ4v) is 2.41. The summed E-state index contributed by atoms with van der Waals surface area (Å²) in [5, 5.41) is 3.38. The summed E-state index contributed by atoms with van der Waals surface area (Å²) in [6, 6.07) is 7.09. The van der Waals surface area contributed by atoms with E-state index in [-0.39, 0.29) is 31.9 Å². The maximum absolute atomic E-state index is 12.2. The van der Waals surface area contributed by atoms with Gasteiger partial charge in [0.25, 0.3) is 5.91 Å². The van der Waals surface area contributed by atoms with Gasteiger partial charge in [-0.25, -0.2) is 4.79 Å². The number of methoxy groups -OCH3 is 1. The lowest BCUT2D eigenvalue weighted by atomic mass is 10.1. The lowest BCUT2D eigenvalue weighted by Gasteiger charge is -2.10. The van der Waals surface area contributed by atoms with E-state index in [9.17, 15) is 9.59 Å². The molecule has 3 N–H and O–H groups in total. The zero-order valence-corrected chi connectivity index (χ0v) is 14.1. The lowest BCUT2D eigenvalue weighted by molar-refractivity contribution is 0.0601. The molecule has 0 aromatic heterocycles. The molecule has 8 heteroatoms. The van der Waals surface area contributed by atoms with Gasteiger partial charge in [-0.15, -0.1) is 0 Å². The quantitative estimate of drug-likeness (QED) is 0.478. The normalized spacial score (nSPS) is 10.3. The Bertz CT molecular complexity index is 794. The van der Waals surface area contributed by atoms with Gasteiger partial charge in [-0.3, -0.25) is 4.79 Å². The Kier molecular flexibility index (Phi) is 5.36. The van der Waals surface area contributed by atoms with Gasteiger partial charge in [-0.1, -0.05) is 34.8 Å². The van der Waals surface area contributed by atoms with E-state index in [0.29, 0.717) is 5.69 Å². The van der Waals surface area contributed by atoms with Crippen LogP contribution in [-0.4, -0.2) is 19.0 Å². The van der Waals surface area contributed by atoms with E-state index in [1.807, 2.05) is 0 Å². The molecule has 0 spiro atoms. The van der Waals surface area contributed by atoms with E-state index >= 15 is 0 Å². The third-order valence-electron chi connectivity index (χ3n) is 2.98. The molecule has 0 aliphatic heterocycles. The number of carbonyl (C=O) groups is 2. The number of amides is 1. The van der Waals surface area contributed by atoms with Gasteiger partial charge in [-0.05, 0) is 30.3 Å². The van der Waals surface area contributed by atoms with E-state index in [1.165, 1.54) is 37.4 Å². The van der Waals surface area contributed by atoms with Crippen molar-refractivity contribution in [3.63, 3.8) is 0 Å². The van der Waals surface area contributed by atoms with Gasteiger partial charge in [0, 0.05) is 11.3 Å². The van der Waals surface area contributed by atoms with Gasteiger partial charge < -0.3 is 15.8 Å². The summed E-state index contributed by atoms with van der Waals surface area (Å²) in [6.45, 7) is 0. The number of esters is 1. The lowest BCUT2D eigenvalue weighted by Crippen LogP contribution is -2.14.